The number of ether oxygens (including phenoxy) is 2. The van der Waals surface area contributed by atoms with Crippen LogP contribution >= 0.6 is 0 Å². The number of rotatable bonds is 7. The smallest absolute Gasteiger partial charge is 0.409 e. The summed E-state index contributed by atoms with van der Waals surface area (Å²) in [4.78, 5) is 42.3. The molecule has 0 unspecified atom stereocenters. The van der Waals surface area contributed by atoms with E-state index in [1.807, 2.05) is 37.3 Å². The van der Waals surface area contributed by atoms with Gasteiger partial charge in [0.1, 0.15) is 11.3 Å². The van der Waals surface area contributed by atoms with Crippen molar-refractivity contribution >= 4 is 17.7 Å². The molecule has 3 aromatic rings. The summed E-state index contributed by atoms with van der Waals surface area (Å²) >= 11 is 0. The molecule has 0 bridgehead atoms. The van der Waals surface area contributed by atoms with Gasteiger partial charge in [0, 0.05) is 30.6 Å². The Morgan fingerprint density at radius 3 is 2.53 bits per heavy atom. The molecular weight excluding hydrogens is 436 g/mol. The van der Waals surface area contributed by atoms with Crippen molar-refractivity contribution in [3.8, 4) is 11.3 Å². The molecule has 0 atom stereocenters. The molecule has 0 spiro atoms. The van der Waals surface area contributed by atoms with Crippen LogP contribution in [0.4, 0.5) is 4.79 Å². The summed E-state index contributed by atoms with van der Waals surface area (Å²) in [6.07, 6.45) is 2.85. The highest BCUT2D eigenvalue weighted by Crippen LogP contribution is 2.31. The van der Waals surface area contributed by atoms with Crippen LogP contribution in [-0.4, -0.2) is 57.9 Å². The number of aromatic amines is 1. The van der Waals surface area contributed by atoms with Crippen LogP contribution in [0.2, 0.25) is 0 Å². The van der Waals surface area contributed by atoms with Gasteiger partial charge in [-0.3, -0.25) is 4.79 Å². The van der Waals surface area contributed by atoms with E-state index in [1.165, 1.54) is 6.07 Å². The summed E-state index contributed by atoms with van der Waals surface area (Å²) < 4.78 is 12.3. The molecule has 1 aliphatic rings. The second kappa shape index (κ2) is 10.5. The molecule has 9 heteroatoms. The first-order chi connectivity index (χ1) is 16.5. The number of amides is 1. The van der Waals surface area contributed by atoms with E-state index in [1.54, 1.807) is 16.3 Å². The van der Waals surface area contributed by atoms with E-state index < -0.39 is 5.97 Å². The number of piperidine rings is 1. The van der Waals surface area contributed by atoms with E-state index in [9.17, 15) is 14.4 Å². The normalized spacial score (nSPS) is 14.4. The SMILES string of the molecule is CCCCOC(=O)N1CCC(c2cc(=O)[nH]c3c(C(=O)OCC)c(-c4ccccc4)nn23)CC1. The van der Waals surface area contributed by atoms with E-state index >= 15 is 0 Å². The molecule has 2 aromatic heterocycles. The van der Waals surface area contributed by atoms with Crippen LogP contribution < -0.4 is 5.56 Å². The van der Waals surface area contributed by atoms with Crippen LogP contribution in [-0.2, 0) is 9.47 Å². The second-order valence-corrected chi connectivity index (χ2v) is 8.36. The maximum absolute atomic E-state index is 12.9. The maximum atomic E-state index is 12.9. The first kappa shape index (κ1) is 23.5. The van der Waals surface area contributed by atoms with Crippen molar-refractivity contribution in [1.29, 1.82) is 0 Å². The Morgan fingerprint density at radius 1 is 1.12 bits per heavy atom. The van der Waals surface area contributed by atoms with Gasteiger partial charge in [-0.05, 0) is 26.2 Å². The largest absolute Gasteiger partial charge is 0.462 e. The molecule has 1 aromatic carbocycles. The number of benzene rings is 1. The first-order valence-corrected chi connectivity index (χ1v) is 11.8. The lowest BCUT2D eigenvalue weighted by atomic mass is 9.93. The van der Waals surface area contributed by atoms with E-state index in [2.05, 4.69) is 4.98 Å². The average Bonchev–Trinajstić information content (AvgIpc) is 3.24. The molecule has 0 radical (unpaired) electrons. The van der Waals surface area contributed by atoms with Crippen molar-refractivity contribution in [2.24, 2.45) is 0 Å². The summed E-state index contributed by atoms with van der Waals surface area (Å²) in [7, 11) is 0. The highest BCUT2D eigenvalue weighted by Gasteiger charge is 2.30. The lowest BCUT2D eigenvalue weighted by molar-refractivity contribution is 0.0529. The number of nitrogens with one attached hydrogen (secondary N) is 1. The van der Waals surface area contributed by atoms with Gasteiger partial charge in [-0.15, -0.1) is 0 Å². The molecule has 34 heavy (non-hydrogen) atoms. The van der Waals surface area contributed by atoms with E-state index in [-0.39, 0.29) is 29.7 Å². The maximum Gasteiger partial charge on any atom is 0.409 e. The Morgan fingerprint density at radius 2 is 1.85 bits per heavy atom. The van der Waals surface area contributed by atoms with Gasteiger partial charge >= 0.3 is 12.1 Å². The van der Waals surface area contributed by atoms with Crippen LogP contribution in [0.25, 0.3) is 16.9 Å². The lowest BCUT2D eigenvalue weighted by Gasteiger charge is -2.31. The number of hydrogen-bond donors (Lipinski definition) is 1. The average molecular weight is 467 g/mol. The molecule has 1 fully saturated rings. The van der Waals surface area contributed by atoms with Crippen LogP contribution in [0.3, 0.4) is 0 Å². The zero-order chi connectivity index (χ0) is 24.1. The van der Waals surface area contributed by atoms with Crippen molar-refractivity contribution < 1.29 is 19.1 Å². The summed E-state index contributed by atoms with van der Waals surface area (Å²) in [6, 6.07) is 10.9. The van der Waals surface area contributed by atoms with Gasteiger partial charge in [0.2, 0.25) is 0 Å². The molecular formula is C25H30N4O5. The molecule has 180 valence electrons. The molecule has 1 amide bonds. The van der Waals surface area contributed by atoms with Gasteiger partial charge in [0.15, 0.2) is 5.65 Å². The number of fused-ring (bicyclic) bond motifs is 1. The Balaban J connectivity index is 1.68. The zero-order valence-corrected chi connectivity index (χ0v) is 19.6. The van der Waals surface area contributed by atoms with Crippen molar-refractivity contribution in [2.75, 3.05) is 26.3 Å². The monoisotopic (exact) mass is 466 g/mol. The van der Waals surface area contributed by atoms with Crippen LogP contribution in [0, 0.1) is 0 Å². The van der Waals surface area contributed by atoms with E-state index in [4.69, 9.17) is 14.6 Å². The van der Waals surface area contributed by atoms with Gasteiger partial charge in [-0.25, -0.2) is 14.1 Å². The van der Waals surface area contributed by atoms with Crippen LogP contribution in [0.15, 0.2) is 41.2 Å². The minimum absolute atomic E-state index is 0.00283. The number of aromatic nitrogens is 3. The zero-order valence-electron chi connectivity index (χ0n) is 19.6. The molecule has 1 N–H and O–H groups in total. The number of unbranched alkanes of at least 4 members (excludes halogenated alkanes) is 1. The fraction of sp³-hybridized carbons (Fsp3) is 0.440. The molecule has 1 aliphatic heterocycles. The number of carbonyl (C=O) groups excluding carboxylic acids is 2. The number of H-pyrrole nitrogens is 1. The number of hydrogen-bond acceptors (Lipinski definition) is 6. The van der Waals surface area contributed by atoms with Crippen molar-refractivity contribution in [1.82, 2.24) is 19.5 Å². The Labute approximate surface area is 197 Å². The van der Waals surface area contributed by atoms with E-state index in [0.29, 0.717) is 49.6 Å². The summed E-state index contributed by atoms with van der Waals surface area (Å²) in [6.45, 7) is 5.48. The van der Waals surface area contributed by atoms with Gasteiger partial charge in [0.05, 0.1) is 18.9 Å². The minimum Gasteiger partial charge on any atom is -0.462 e. The number of esters is 1. The summed E-state index contributed by atoms with van der Waals surface area (Å²) in [5, 5.41) is 4.75. The fourth-order valence-electron chi connectivity index (χ4n) is 4.31. The number of likely N-dealkylation sites (tertiary alicyclic amines) is 1. The third kappa shape index (κ3) is 4.83. The second-order valence-electron chi connectivity index (χ2n) is 8.36. The van der Waals surface area contributed by atoms with Crippen LogP contribution in [0.1, 0.15) is 61.5 Å². The molecule has 4 rings (SSSR count). The molecule has 0 saturated carbocycles. The fourth-order valence-corrected chi connectivity index (χ4v) is 4.31. The Bertz CT molecular complexity index is 1210. The Hall–Kier alpha value is -3.62. The minimum atomic E-state index is -0.534. The van der Waals surface area contributed by atoms with E-state index in [0.717, 1.165) is 18.4 Å². The van der Waals surface area contributed by atoms with Crippen LogP contribution in [0.5, 0.6) is 0 Å². The van der Waals surface area contributed by atoms with Crippen molar-refractivity contribution in [3.63, 3.8) is 0 Å². The molecule has 3 heterocycles. The summed E-state index contributed by atoms with van der Waals surface area (Å²) in [5.74, 6) is -0.531. The third-order valence-electron chi connectivity index (χ3n) is 6.07. The standard InChI is InChI=1S/C25H30N4O5/c1-3-5-15-34-25(32)28-13-11-17(12-14-28)19-16-20(30)26-23-21(24(31)33-4-2)22(27-29(19)23)18-9-7-6-8-10-18/h6-10,16-17H,3-5,11-15H2,1-2H3,(H,26,30). The third-order valence-corrected chi connectivity index (χ3v) is 6.07. The van der Waals surface area contributed by atoms with Gasteiger partial charge in [-0.1, -0.05) is 43.7 Å². The highest BCUT2D eigenvalue weighted by molar-refractivity contribution is 6.02. The molecule has 1 saturated heterocycles. The number of nitrogens with zero attached hydrogens (tertiary/aromatic N) is 3. The van der Waals surface area contributed by atoms with Crippen molar-refractivity contribution in [3.05, 3.63) is 58.0 Å². The Kier molecular flexibility index (Phi) is 7.30. The number of carbonyl (C=O) groups is 2. The predicted molar refractivity (Wildman–Crippen MR) is 127 cm³/mol. The van der Waals surface area contributed by atoms with Crippen molar-refractivity contribution in [2.45, 2.75) is 45.4 Å². The lowest BCUT2D eigenvalue weighted by Crippen LogP contribution is -2.39. The van der Waals surface area contributed by atoms with Gasteiger partial charge in [-0.2, -0.15) is 5.10 Å². The quantitative estimate of drug-likeness (QED) is 0.417. The molecule has 9 nitrogen and oxygen atoms in total. The highest BCUT2D eigenvalue weighted by atomic mass is 16.6. The molecule has 0 aliphatic carbocycles. The predicted octanol–water partition coefficient (Wildman–Crippen LogP) is 3.98. The first-order valence-electron chi connectivity index (χ1n) is 11.8. The van der Waals surface area contributed by atoms with Gasteiger partial charge in [0.25, 0.3) is 5.56 Å². The summed E-state index contributed by atoms with van der Waals surface area (Å²) in [5.41, 5.74) is 2.18. The van der Waals surface area contributed by atoms with Gasteiger partial charge < -0.3 is 19.4 Å². The topological polar surface area (TPSA) is 106 Å².